The van der Waals surface area contributed by atoms with Crippen LogP contribution in [0.2, 0.25) is 0 Å². The van der Waals surface area contributed by atoms with Crippen molar-refractivity contribution in [1.29, 1.82) is 0 Å². The van der Waals surface area contributed by atoms with Gasteiger partial charge in [-0.05, 0) is 61.4 Å². The summed E-state index contributed by atoms with van der Waals surface area (Å²) in [5.41, 5.74) is -0.620. The summed E-state index contributed by atoms with van der Waals surface area (Å²) in [6, 6.07) is 15.0. The molecule has 0 radical (unpaired) electrons. The predicted octanol–water partition coefficient (Wildman–Crippen LogP) is 5.64. The van der Waals surface area contributed by atoms with Crippen LogP contribution in [0.15, 0.2) is 48.5 Å². The first kappa shape index (κ1) is 21.1. The molecule has 0 saturated carbocycles. The lowest BCUT2D eigenvalue weighted by molar-refractivity contribution is -0.228. The highest BCUT2D eigenvalue weighted by Gasteiger charge is 2.54. The van der Waals surface area contributed by atoms with Crippen molar-refractivity contribution in [2.24, 2.45) is 0 Å². The molecule has 0 bridgehead atoms. The Balaban J connectivity index is 0.00000225. The standard InChI is InChI=1S/C22H23F4N.ClH/c1-20(23,22(24,25)26)17-8-9-18-16(13-17)7-10-19-21(18,11-12-27-19)14-15-5-3-2-4-6-15;/h2-6,8-9,13,19,27H,7,10-12,14H2,1H3;1H. The summed E-state index contributed by atoms with van der Waals surface area (Å²) >= 11 is 0. The van der Waals surface area contributed by atoms with Gasteiger partial charge in [0.1, 0.15) is 0 Å². The van der Waals surface area contributed by atoms with Crippen LogP contribution in [0, 0.1) is 0 Å². The van der Waals surface area contributed by atoms with Gasteiger partial charge < -0.3 is 5.32 Å². The number of hydrogen-bond acceptors (Lipinski definition) is 1. The molecule has 1 aliphatic carbocycles. The zero-order valence-electron chi connectivity index (χ0n) is 15.7. The highest BCUT2D eigenvalue weighted by atomic mass is 35.5. The molecule has 1 fully saturated rings. The first-order valence-corrected chi connectivity index (χ1v) is 9.41. The monoisotopic (exact) mass is 413 g/mol. The van der Waals surface area contributed by atoms with Crippen molar-refractivity contribution >= 4 is 12.4 Å². The largest absolute Gasteiger partial charge is 0.426 e. The number of hydrogen-bond donors (Lipinski definition) is 1. The summed E-state index contributed by atoms with van der Waals surface area (Å²) in [6.07, 6.45) is -1.62. The topological polar surface area (TPSA) is 12.0 Å². The number of nitrogens with one attached hydrogen (secondary N) is 1. The van der Waals surface area contributed by atoms with Crippen LogP contribution < -0.4 is 5.32 Å². The molecule has 2 aliphatic rings. The summed E-state index contributed by atoms with van der Waals surface area (Å²) in [6.45, 7) is 1.50. The molecular formula is C22H24ClF4N. The van der Waals surface area contributed by atoms with Crippen molar-refractivity contribution in [1.82, 2.24) is 5.32 Å². The number of halogens is 5. The minimum absolute atomic E-state index is 0. The van der Waals surface area contributed by atoms with Gasteiger partial charge in [0.15, 0.2) is 0 Å². The van der Waals surface area contributed by atoms with Crippen LogP contribution in [0.25, 0.3) is 0 Å². The average molecular weight is 414 g/mol. The van der Waals surface area contributed by atoms with Gasteiger partial charge in [0.2, 0.25) is 5.67 Å². The summed E-state index contributed by atoms with van der Waals surface area (Å²) in [4.78, 5) is 0. The van der Waals surface area contributed by atoms with E-state index < -0.39 is 11.8 Å². The van der Waals surface area contributed by atoms with Crippen LogP contribution in [-0.4, -0.2) is 18.8 Å². The maximum Gasteiger partial charge on any atom is 0.426 e. The number of rotatable bonds is 3. The van der Waals surface area contributed by atoms with Crippen LogP contribution in [0.3, 0.4) is 0 Å². The van der Waals surface area contributed by atoms with E-state index in [1.165, 1.54) is 17.7 Å². The highest BCUT2D eigenvalue weighted by molar-refractivity contribution is 5.85. The Morgan fingerprint density at radius 3 is 2.46 bits per heavy atom. The van der Waals surface area contributed by atoms with Crippen molar-refractivity contribution in [3.05, 3.63) is 70.8 Å². The van der Waals surface area contributed by atoms with E-state index in [1.807, 2.05) is 18.2 Å². The minimum atomic E-state index is -4.92. The van der Waals surface area contributed by atoms with Crippen LogP contribution in [0.1, 0.15) is 42.0 Å². The first-order valence-electron chi connectivity index (χ1n) is 9.41. The fraction of sp³-hybridized carbons (Fsp3) is 0.455. The van der Waals surface area contributed by atoms with Gasteiger partial charge in [0.25, 0.3) is 0 Å². The third-order valence-corrected chi connectivity index (χ3v) is 6.41. The molecule has 0 aromatic heterocycles. The molecule has 28 heavy (non-hydrogen) atoms. The van der Waals surface area contributed by atoms with Gasteiger partial charge in [-0.15, -0.1) is 12.4 Å². The lowest BCUT2D eigenvalue weighted by Crippen LogP contribution is -2.46. The van der Waals surface area contributed by atoms with E-state index in [0.717, 1.165) is 36.9 Å². The lowest BCUT2D eigenvalue weighted by atomic mass is 9.63. The lowest BCUT2D eigenvalue weighted by Gasteiger charge is -2.42. The number of fused-ring (bicyclic) bond motifs is 3. The zero-order valence-corrected chi connectivity index (χ0v) is 16.5. The normalized spacial score (nSPS) is 26.0. The molecule has 2 aromatic carbocycles. The molecule has 1 nitrogen and oxygen atoms in total. The zero-order chi connectivity index (χ0) is 19.3. The first-order chi connectivity index (χ1) is 12.7. The molecule has 0 spiro atoms. The Morgan fingerprint density at radius 2 is 1.79 bits per heavy atom. The molecule has 1 heterocycles. The van der Waals surface area contributed by atoms with E-state index in [1.54, 1.807) is 6.07 Å². The molecule has 3 atom stereocenters. The Hall–Kier alpha value is -1.59. The van der Waals surface area contributed by atoms with E-state index in [9.17, 15) is 17.6 Å². The second-order valence-electron chi connectivity index (χ2n) is 7.99. The SMILES string of the molecule is CC(F)(c1ccc2c(c1)CCC1NCCC21Cc1ccccc1)C(F)(F)F.Cl. The Bertz CT molecular complexity index is 834. The maximum atomic E-state index is 14.5. The van der Waals surface area contributed by atoms with Crippen molar-refractivity contribution in [2.45, 2.75) is 55.9 Å². The van der Waals surface area contributed by atoms with Gasteiger partial charge in [-0.2, -0.15) is 13.2 Å². The smallest absolute Gasteiger partial charge is 0.313 e. The van der Waals surface area contributed by atoms with Gasteiger partial charge in [-0.1, -0.05) is 48.5 Å². The highest BCUT2D eigenvalue weighted by Crippen LogP contribution is 2.48. The molecule has 1 aliphatic heterocycles. The second-order valence-corrected chi connectivity index (χ2v) is 7.99. The Kier molecular flexibility index (Phi) is 5.54. The molecule has 4 rings (SSSR count). The molecular weight excluding hydrogens is 390 g/mol. The van der Waals surface area contributed by atoms with E-state index in [-0.39, 0.29) is 23.4 Å². The van der Waals surface area contributed by atoms with Gasteiger partial charge in [-0.25, -0.2) is 4.39 Å². The van der Waals surface area contributed by atoms with Crippen molar-refractivity contribution in [3.8, 4) is 0 Å². The van der Waals surface area contributed by atoms with Gasteiger partial charge in [0.05, 0.1) is 0 Å². The van der Waals surface area contributed by atoms with E-state index in [4.69, 9.17) is 0 Å². The van der Waals surface area contributed by atoms with Crippen LogP contribution in [0.5, 0.6) is 0 Å². The molecule has 1 N–H and O–H groups in total. The summed E-state index contributed by atoms with van der Waals surface area (Å²) in [7, 11) is 0. The van der Waals surface area contributed by atoms with Gasteiger partial charge in [0, 0.05) is 11.5 Å². The maximum absolute atomic E-state index is 14.5. The number of aryl methyl sites for hydroxylation is 1. The van der Waals surface area contributed by atoms with Crippen molar-refractivity contribution < 1.29 is 17.6 Å². The third-order valence-electron chi connectivity index (χ3n) is 6.41. The summed E-state index contributed by atoms with van der Waals surface area (Å²) < 4.78 is 53.9. The van der Waals surface area contributed by atoms with Gasteiger partial charge in [-0.3, -0.25) is 0 Å². The fourth-order valence-corrected chi connectivity index (χ4v) is 4.85. The molecule has 0 amide bonds. The third kappa shape index (κ3) is 3.33. The second kappa shape index (κ2) is 7.34. The summed E-state index contributed by atoms with van der Waals surface area (Å²) in [5.74, 6) is 0. The van der Waals surface area contributed by atoms with E-state index in [2.05, 4.69) is 17.4 Å². The van der Waals surface area contributed by atoms with Gasteiger partial charge >= 0.3 is 6.18 Å². The fourth-order valence-electron chi connectivity index (χ4n) is 4.85. The van der Waals surface area contributed by atoms with E-state index in [0.29, 0.717) is 19.4 Å². The Morgan fingerprint density at radius 1 is 1.07 bits per heavy atom. The minimum Gasteiger partial charge on any atom is -0.313 e. The van der Waals surface area contributed by atoms with Crippen molar-refractivity contribution in [3.63, 3.8) is 0 Å². The average Bonchev–Trinajstić information content (AvgIpc) is 3.05. The summed E-state index contributed by atoms with van der Waals surface area (Å²) in [5, 5.41) is 3.58. The number of alkyl halides is 4. The predicted molar refractivity (Wildman–Crippen MR) is 105 cm³/mol. The van der Waals surface area contributed by atoms with Crippen molar-refractivity contribution in [2.75, 3.05) is 6.54 Å². The molecule has 6 heteroatoms. The van der Waals surface area contributed by atoms with E-state index >= 15 is 0 Å². The molecule has 1 saturated heterocycles. The molecule has 2 aromatic rings. The number of benzene rings is 2. The van der Waals surface area contributed by atoms with Crippen LogP contribution >= 0.6 is 12.4 Å². The molecule has 3 unspecified atom stereocenters. The van der Waals surface area contributed by atoms with Crippen LogP contribution in [0.4, 0.5) is 17.6 Å². The molecule has 152 valence electrons. The Labute approximate surface area is 168 Å². The van der Waals surface area contributed by atoms with Crippen LogP contribution in [-0.2, 0) is 23.9 Å². The quantitative estimate of drug-likeness (QED) is 0.642.